The molecule has 0 aliphatic carbocycles. The van der Waals surface area contributed by atoms with Gasteiger partial charge in [-0.3, -0.25) is 9.89 Å². The van der Waals surface area contributed by atoms with E-state index in [1.165, 1.54) is 21.0 Å². The van der Waals surface area contributed by atoms with Gasteiger partial charge in [0.15, 0.2) is 5.96 Å². The lowest BCUT2D eigenvalue weighted by Crippen LogP contribution is -2.48. The van der Waals surface area contributed by atoms with E-state index in [-0.39, 0.29) is 0 Å². The van der Waals surface area contributed by atoms with Gasteiger partial charge in [-0.15, -0.1) is 11.3 Å². The molecule has 146 valence electrons. The largest absolute Gasteiger partial charge is 0.356 e. The molecule has 1 aliphatic heterocycles. The highest BCUT2D eigenvalue weighted by Crippen LogP contribution is 2.21. The van der Waals surface area contributed by atoms with E-state index in [1.807, 2.05) is 13.2 Å². The molecule has 1 aromatic carbocycles. The Morgan fingerprint density at radius 2 is 2.11 bits per heavy atom. The molecule has 0 amide bonds. The van der Waals surface area contributed by atoms with Crippen molar-refractivity contribution >= 4 is 17.3 Å². The van der Waals surface area contributed by atoms with Crippen LogP contribution in [0.1, 0.15) is 34.4 Å². The van der Waals surface area contributed by atoms with Crippen molar-refractivity contribution in [2.75, 3.05) is 26.7 Å². The highest BCUT2D eigenvalue weighted by molar-refractivity contribution is 7.11. The summed E-state index contributed by atoms with van der Waals surface area (Å²) in [4.78, 5) is 12.7. The summed E-state index contributed by atoms with van der Waals surface area (Å²) in [7, 11) is 1.83. The molecule has 6 heteroatoms. The van der Waals surface area contributed by atoms with Gasteiger partial charge in [-0.2, -0.15) is 0 Å². The number of aliphatic imine (C=N–C) groups is 1. The summed E-state index contributed by atoms with van der Waals surface area (Å²) in [6.45, 7) is 8.31. The fourth-order valence-electron chi connectivity index (χ4n) is 3.60. The van der Waals surface area contributed by atoms with Crippen LogP contribution in [0.3, 0.4) is 0 Å². The molecule has 1 atom stereocenters. The van der Waals surface area contributed by atoms with Gasteiger partial charge in [0.25, 0.3) is 0 Å². The zero-order valence-electron chi connectivity index (χ0n) is 16.7. The second-order valence-electron chi connectivity index (χ2n) is 7.05. The first-order valence-electron chi connectivity index (χ1n) is 9.86. The van der Waals surface area contributed by atoms with Gasteiger partial charge in [0.2, 0.25) is 0 Å². The Hall–Kier alpha value is -1.92. The van der Waals surface area contributed by atoms with Crippen LogP contribution in [0.5, 0.6) is 0 Å². The van der Waals surface area contributed by atoms with Gasteiger partial charge >= 0.3 is 0 Å². The molecule has 0 bridgehead atoms. The maximum Gasteiger partial charge on any atom is 0.191 e. The predicted octanol–water partition coefficient (Wildman–Crippen LogP) is 3.00. The fourth-order valence-corrected chi connectivity index (χ4v) is 4.39. The molecule has 2 aromatic rings. The molecule has 0 saturated heterocycles. The highest BCUT2D eigenvalue weighted by atomic mass is 32.1. The number of rotatable bonds is 7. The molecule has 2 N–H and O–H groups in total. The number of benzene rings is 1. The molecule has 0 radical (unpaired) electrons. The summed E-state index contributed by atoms with van der Waals surface area (Å²) in [5.74, 6) is 0.874. The lowest BCUT2D eigenvalue weighted by Gasteiger charge is -2.35. The Labute approximate surface area is 166 Å². The van der Waals surface area contributed by atoms with Crippen molar-refractivity contribution in [2.45, 2.75) is 45.7 Å². The van der Waals surface area contributed by atoms with Crippen molar-refractivity contribution in [3.05, 3.63) is 51.5 Å². The maximum atomic E-state index is 4.42. The number of nitrogens with zero attached hydrogens (tertiary/aromatic N) is 3. The van der Waals surface area contributed by atoms with Gasteiger partial charge in [0.05, 0.1) is 5.01 Å². The molecule has 2 heterocycles. The number of hydrogen-bond donors (Lipinski definition) is 2. The van der Waals surface area contributed by atoms with E-state index in [1.54, 1.807) is 11.3 Å². The second-order valence-corrected chi connectivity index (χ2v) is 8.37. The normalized spacial score (nSPS) is 16.0. The van der Waals surface area contributed by atoms with E-state index >= 15 is 0 Å². The van der Waals surface area contributed by atoms with Crippen LogP contribution in [0.25, 0.3) is 0 Å². The first kappa shape index (κ1) is 19.8. The van der Waals surface area contributed by atoms with Gasteiger partial charge in [-0.1, -0.05) is 31.2 Å². The van der Waals surface area contributed by atoms with Crippen LogP contribution < -0.4 is 10.6 Å². The molecular weight excluding hydrogens is 354 g/mol. The van der Waals surface area contributed by atoms with Crippen LogP contribution in [0.2, 0.25) is 0 Å². The van der Waals surface area contributed by atoms with E-state index in [0.29, 0.717) is 6.04 Å². The Balaban J connectivity index is 1.46. The molecule has 3 rings (SSSR count). The van der Waals surface area contributed by atoms with E-state index < -0.39 is 0 Å². The summed E-state index contributed by atoms with van der Waals surface area (Å²) >= 11 is 1.76. The average Bonchev–Trinajstić information content (AvgIpc) is 3.12. The SMILES string of the molecule is CCC(CNC(=NC)NCCc1ncc(C)s1)N1CCc2ccccc2C1. The van der Waals surface area contributed by atoms with Gasteiger partial charge < -0.3 is 10.6 Å². The van der Waals surface area contributed by atoms with Crippen LogP contribution >= 0.6 is 11.3 Å². The van der Waals surface area contributed by atoms with E-state index in [2.05, 4.69) is 63.6 Å². The molecule has 0 fully saturated rings. The quantitative estimate of drug-likeness (QED) is 0.568. The Kier molecular flexibility index (Phi) is 7.24. The standard InChI is InChI=1S/C21H31N5S/c1-4-19(26-12-10-17-7-5-6-8-18(17)15-26)14-25-21(22-3)23-11-9-20-24-13-16(2)27-20/h5-8,13,19H,4,9-12,14-15H2,1-3H3,(H2,22,23,25). The average molecular weight is 386 g/mol. The zero-order valence-corrected chi connectivity index (χ0v) is 17.5. The molecule has 0 saturated carbocycles. The van der Waals surface area contributed by atoms with E-state index in [9.17, 15) is 0 Å². The topological polar surface area (TPSA) is 52.6 Å². The van der Waals surface area contributed by atoms with Crippen molar-refractivity contribution in [1.82, 2.24) is 20.5 Å². The molecule has 1 unspecified atom stereocenters. The summed E-state index contributed by atoms with van der Waals surface area (Å²) in [6, 6.07) is 9.34. The number of nitrogens with one attached hydrogen (secondary N) is 2. The van der Waals surface area contributed by atoms with Gasteiger partial charge in [0, 0.05) is 56.8 Å². The van der Waals surface area contributed by atoms with Gasteiger partial charge in [-0.05, 0) is 30.9 Å². The third-order valence-corrected chi connectivity index (χ3v) is 6.15. The van der Waals surface area contributed by atoms with Crippen molar-refractivity contribution in [3.63, 3.8) is 0 Å². The summed E-state index contributed by atoms with van der Waals surface area (Å²) in [5, 5.41) is 8.10. The van der Waals surface area contributed by atoms with Gasteiger partial charge in [-0.25, -0.2) is 4.98 Å². The first-order chi connectivity index (χ1) is 13.2. The Bertz CT molecular complexity index is 755. The van der Waals surface area contributed by atoms with Crippen LogP contribution in [0.4, 0.5) is 0 Å². The van der Waals surface area contributed by atoms with Crippen molar-refractivity contribution < 1.29 is 0 Å². The molecular formula is C21H31N5S. The Morgan fingerprint density at radius 3 is 2.81 bits per heavy atom. The smallest absolute Gasteiger partial charge is 0.191 e. The minimum absolute atomic E-state index is 0.513. The number of thiazole rings is 1. The third-order valence-electron chi connectivity index (χ3n) is 5.18. The van der Waals surface area contributed by atoms with E-state index in [4.69, 9.17) is 0 Å². The second kappa shape index (κ2) is 9.85. The monoisotopic (exact) mass is 385 g/mol. The summed E-state index contributed by atoms with van der Waals surface area (Å²) in [5.41, 5.74) is 2.98. The molecule has 5 nitrogen and oxygen atoms in total. The van der Waals surface area contributed by atoms with Crippen molar-refractivity contribution in [2.24, 2.45) is 4.99 Å². The van der Waals surface area contributed by atoms with E-state index in [0.717, 1.165) is 51.4 Å². The fraction of sp³-hybridized carbons (Fsp3) is 0.524. The van der Waals surface area contributed by atoms with Crippen molar-refractivity contribution in [3.8, 4) is 0 Å². The van der Waals surface area contributed by atoms with Crippen LogP contribution in [-0.2, 0) is 19.4 Å². The number of aryl methyl sites for hydroxylation is 1. The molecule has 1 aromatic heterocycles. The molecule has 27 heavy (non-hydrogen) atoms. The number of aromatic nitrogens is 1. The van der Waals surface area contributed by atoms with Crippen LogP contribution in [0, 0.1) is 6.92 Å². The minimum Gasteiger partial charge on any atom is -0.356 e. The summed E-state index contributed by atoms with van der Waals surface area (Å²) < 4.78 is 0. The van der Waals surface area contributed by atoms with Gasteiger partial charge in [0.1, 0.15) is 0 Å². The number of hydrogen-bond acceptors (Lipinski definition) is 4. The lowest BCUT2D eigenvalue weighted by molar-refractivity contribution is 0.174. The third kappa shape index (κ3) is 5.53. The van der Waals surface area contributed by atoms with Crippen LogP contribution in [0.15, 0.2) is 35.5 Å². The highest BCUT2D eigenvalue weighted by Gasteiger charge is 2.22. The predicted molar refractivity (Wildman–Crippen MR) is 115 cm³/mol. The number of fused-ring (bicyclic) bond motifs is 1. The first-order valence-corrected chi connectivity index (χ1v) is 10.7. The summed E-state index contributed by atoms with van der Waals surface area (Å²) in [6.07, 6.45) is 5.15. The zero-order chi connectivity index (χ0) is 19.1. The maximum absolute atomic E-state index is 4.42. The number of guanidine groups is 1. The Morgan fingerprint density at radius 1 is 1.30 bits per heavy atom. The van der Waals surface area contributed by atoms with Crippen molar-refractivity contribution in [1.29, 1.82) is 0 Å². The lowest BCUT2D eigenvalue weighted by atomic mass is 9.98. The minimum atomic E-state index is 0.513. The molecule has 1 aliphatic rings. The molecule has 0 spiro atoms. The van der Waals surface area contributed by atoms with Crippen LogP contribution in [-0.4, -0.2) is 48.6 Å².